The Kier molecular flexibility index (Phi) is 3.51. The van der Waals surface area contributed by atoms with Crippen LogP contribution in [0.1, 0.15) is 21.5 Å². The Morgan fingerprint density at radius 2 is 1.84 bits per heavy atom. The Labute approximate surface area is 112 Å². The molecule has 1 aromatic carbocycles. The Hall–Kier alpha value is -2.36. The summed E-state index contributed by atoms with van der Waals surface area (Å²) in [6, 6.07) is 8.78. The van der Waals surface area contributed by atoms with Gasteiger partial charge in [0.25, 0.3) is 5.91 Å². The van der Waals surface area contributed by atoms with E-state index in [0.717, 1.165) is 0 Å². The van der Waals surface area contributed by atoms with Crippen LogP contribution in [0.5, 0.6) is 5.75 Å². The average Bonchev–Trinajstić information content (AvgIpc) is 2.43. The third-order valence-electron chi connectivity index (χ3n) is 3.04. The molecule has 0 aliphatic heterocycles. The molecular weight excluding hydrogens is 240 g/mol. The van der Waals surface area contributed by atoms with Crippen molar-refractivity contribution in [2.75, 3.05) is 11.9 Å². The summed E-state index contributed by atoms with van der Waals surface area (Å²) in [7, 11) is 1.68. The summed E-state index contributed by atoms with van der Waals surface area (Å²) in [5.74, 6) is 0.679. The number of aromatic hydroxyl groups is 1. The van der Waals surface area contributed by atoms with Crippen LogP contribution in [0.3, 0.4) is 0 Å². The minimum Gasteiger partial charge on any atom is -0.507 e. The number of aryl methyl sites for hydroxylation is 2. The van der Waals surface area contributed by atoms with Crippen molar-refractivity contribution in [3.05, 3.63) is 53.2 Å². The minimum absolute atomic E-state index is 0.148. The number of anilines is 1. The molecule has 0 spiro atoms. The van der Waals surface area contributed by atoms with Crippen molar-refractivity contribution in [1.82, 2.24) is 4.98 Å². The minimum atomic E-state index is -0.148. The van der Waals surface area contributed by atoms with Gasteiger partial charge in [0, 0.05) is 18.8 Å². The van der Waals surface area contributed by atoms with Crippen LogP contribution >= 0.6 is 0 Å². The van der Waals surface area contributed by atoms with Crippen LogP contribution in [-0.2, 0) is 0 Å². The smallest absolute Gasteiger partial charge is 0.259 e. The van der Waals surface area contributed by atoms with Crippen LogP contribution in [0.2, 0.25) is 0 Å². The van der Waals surface area contributed by atoms with Crippen molar-refractivity contribution in [1.29, 1.82) is 0 Å². The van der Waals surface area contributed by atoms with Crippen LogP contribution in [0.4, 0.5) is 5.82 Å². The average molecular weight is 256 g/mol. The van der Waals surface area contributed by atoms with E-state index in [-0.39, 0.29) is 11.7 Å². The lowest BCUT2D eigenvalue weighted by Gasteiger charge is -2.17. The molecule has 2 aromatic rings. The van der Waals surface area contributed by atoms with Crippen LogP contribution in [0.15, 0.2) is 36.5 Å². The number of carbonyl (C=O) groups excluding carboxylic acids is 1. The highest BCUT2D eigenvalue weighted by atomic mass is 16.3. The molecule has 1 heterocycles. The van der Waals surface area contributed by atoms with Gasteiger partial charge in [-0.1, -0.05) is 6.07 Å². The van der Waals surface area contributed by atoms with Gasteiger partial charge in [0.15, 0.2) is 0 Å². The number of amides is 1. The second-order valence-electron chi connectivity index (χ2n) is 4.51. The van der Waals surface area contributed by atoms with Gasteiger partial charge in [-0.15, -0.1) is 0 Å². The molecule has 4 nitrogen and oxygen atoms in total. The third-order valence-corrected chi connectivity index (χ3v) is 3.04. The standard InChI is InChI=1S/C15H16N2O2/c1-10-8-12(9-11(2)14(10)18)15(19)17(3)13-6-4-5-7-16-13/h4-9,18H,1-3H3. The molecule has 98 valence electrons. The highest BCUT2D eigenvalue weighted by Gasteiger charge is 2.16. The summed E-state index contributed by atoms with van der Waals surface area (Å²) in [5.41, 5.74) is 1.93. The lowest BCUT2D eigenvalue weighted by atomic mass is 10.0. The van der Waals surface area contributed by atoms with Gasteiger partial charge in [0.05, 0.1) is 0 Å². The van der Waals surface area contributed by atoms with Crippen LogP contribution in [-0.4, -0.2) is 23.0 Å². The van der Waals surface area contributed by atoms with Gasteiger partial charge in [-0.3, -0.25) is 9.69 Å². The van der Waals surface area contributed by atoms with E-state index in [9.17, 15) is 9.90 Å². The number of hydrogen-bond acceptors (Lipinski definition) is 3. The highest BCUT2D eigenvalue weighted by molar-refractivity contribution is 6.05. The van der Waals surface area contributed by atoms with Crippen molar-refractivity contribution in [3.63, 3.8) is 0 Å². The maximum atomic E-state index is 12.4. The molecule has 1 aromatic heterocycles. The Balaban J connectivity index is 2.35. The number of pyridine rings is 1. The van der Waals surface area contributed by atoms with E-state index >= 15 is 0 Å². The number of phenols is 1. The fourth-order valence-corrected chi connectivity index (χ4v) is 1.93. The van der Waals surface area contributed by atoms with Crippen LogP contribution in [0.25, 0.3) is 0 Å². The summed E-state index contributed by atoms with van der Waals surface area (Å²) >= 11 is 0. The molecule has 0 saturated carbocycles. The zero-order valence-electron chi connectivity index (χ0n) is 11.2. The summed E-state index contributed by atoms with van der Waals surface area (Å²) in [5, 5.41) is 9.73. The van der Waals surface area contributed by atoms with E-state index < -0.39 is 0 Å². The molecule has 0 bridgehead atoms. The number of hydrogen-bond donors (Lipinski definition) is 1. The molecule has 1 N–H and O–H groups in total. The quantitative estimate of drug-likeness (QED) is 0.898. The summed E-state index contributed by atoms with van der Waals surface area (Å²) < 4.78 is 0. The molecule has 4 heteroatoms. The van der Waals surface area contributed by atoms with E-state index in [1.165, 1.54) is 4.90 Å². The van der Waals surface area contributed by atoms with Gasteiger partial charge < -0.3 is 5.11 Å². The first-order valence-electron chi connectivity index (χ1n) is 6.00. The topological polar surface area (TPSA) is 53.4 Å². The van der Waals surface area contributed by atoms with Crippen LogP contribution in [0, 0.1) is 13.8 Å². The SMILES string of the molecule is Cc1cc(C(=O)N(C)c2ccccn2)cc(C)c1O. The molecule has 0 fully saturated rings. The molecule has 0 saturated heterocycles. The van der Waals surface area contributed by atoms with Gasteiger partial charge in [-0.2, -0.15) is 0 Å². The van der Waals surface area contributed by atoms with Crippen LogP contribution < -0.4 is 4.90 Å². The predicted octanol–water partition coefficient (Wildman–Crippen LogP) is 2.68. The van der Waals surface area contributed by atoms with E-state index in [1.807, 2.05) is 6.07 Å². The van der Waals surface area contributed by atoms with Crippen molar-refractivity contribution in [2.45, 2.75) is 13.8 Å². The van der Waals surface area contributed by atoms with Gasteiger partial charge >= 0.3 is 0 Å². The van der Waals surface area contributed by atoms with Crippen molar-refractivity contribution in [2.24, 2.45) is 0 Å². The van der Waals surface area contributed by atoms with Gasteiger partial charge in [-0.05, 0) is 49.2 Å². The number of nitrogens with zero attached hydrogens (tertiary/aromatic N) is 2. The van der Waals surface area contributed by atoms with Gasteiger partial charge in [0.2, 0.25) is 0 Å². The highest BCUT2D eigenvalue weighted by Crippen LogP contribution is 2.24. The maximum absolute atomic E-state index is 12.4. The van der Waals surface area contributed by atoms with Gasteiger partial charge in [-0.25, -0.2) is 4.98 Å². The monoisotopic (exact) mass is 256 g/mol. The number of carbonyl (C=O) groups is 1. The molecule has 0 aliphatic rings. The summed E-state index contributed by atoms with van der Waals surface area (Å²) in [6.07, 6.45) is 1.65. The first-order valence-corrected chi connectivity index (χ1v) is 6.00. The molecule has 2 rings (SSSR count). The molecule has 0 unspecified atom stereocenters. The molecule has 0 aliphatic carbocycles. The Morgan fingerprint density at radius 1 is 1.21 bits per heavy atom. The summed E-state index contributed by atoms with van der Waals surface area (Å²) in [4.78, 5) is 18.0. The second kappa shape index (κ2) is 5.10. The van der Waals surface area contributed by atoms with E-state index in [0.29, 0.717) is 22.5 Å². The number of aromatic nitrogens is 1. The Bertz CT molecular complexity index is 586. The number of benzene rings is 1. The molecule has 0 radical (unpaired) electrons. The largest absolute Gasteiger partial charge is 0.507 e. The third kappa shape index (κ3) is 2.57. The second-order valence-corrected chi connectivity index (χ2v) is 4.51. The normalized spacial score (nSPS) is 10.3. The predicted molar refractivity (Wildman–Crippen MR) is 74.6 cm³/mol. The van der Waals surface area contributed by atoms with Crippen molar-refractivity contribution < 1.29 is 9.90 Å². The number of phenolic OH excluding ortho intramolecular Hbond substituents is 1. The fourth-order valence-electron chi connectivity index (χ4n) is 1.93. The lowest BCUT2D eigenvalue weighted by Crippen LogP contribution is -2.27. The van der Waals surface area contributed by atoms with E-state index in [4.69, 9.17) is 0 Å². The maximum Gasteiger partial charge on any atom is 0.259 e. The number of rotatable bonds is 2. The lowest BCUT2D eigenvalue weighted by molar-refractivity contribution is 0.0992. The zero-order chi connectivity index (χ0) is 14.0. The fraction of sp³-hybridized carbons (Fsp3) is 0.200. The van der Waals surface area contributed by atoms with Gasteiger partial charge in [0.1, 0.15) is 11.6 Å². The summed E-state index contributed by atoms with van der Waals surface area (Å²) in [6.45, 7) is 3.56. The van der Waals surface area contributed by atoms with Crippen molar-refractivity contribution in [3.8, 4) is 5.75 Å². The molecule has 1 amide bonds. The van der Waals surface area contributed by atoms with Crippen molar-refractivity contribution >= 4 is 11.7 Å². The molecular formula is C15H16N2O2. The zero-order valence-corrected chi connectivity index (χ0v) is 11.2. The molecule has 0 atom stereocenters. The first-order chi connectivity index (χ1) is 9.00. The van der Waals surface area contributed by atoms with E-state index in [2.05, 4.69) is 4.98 Å². The van der Waals surface area contributed by atoms with E-state index in [1.54, 1.807) is 51.4 Å². The Morgan fingerprint density at radius 3 is 2.37 bits per heavy atom. The molecule has 19 heavy (non-hydrogen) atoms. The first kappa shape index (κ1) is 13.1.